The third-order valence-corrected chi connectivity index (χ3v) is 6.82. The molecule has 2 aromatic heterocycles. The molecule has 1 fully saturated rings. The standard InChI is InChI=1S/C26H30ClN5O3/c1-5-6-13-35-26(34)32-11-9-31(10-12-32)25(33)18-7-8-19-21(27)16-23(29-22(19)14-18)20-15-24(28-3)30(4)17(20)2/h7-8,14-16H,3,5-6,9-13H2,1-2,4H3. The van der Waals surface area contributed by atoms with E-state index in [-0.39, 0.29) is 12.0 Å². The summed E-state index contributed by atoms with van der Waals surface area (Å²) in [4.78, 5) is 37.7. The van der Waals surface area contributed by atoms with Gasteiger partial charge < -0.3 is 19.1 Å². The molecular formula is C26H30ClN5O3. The highest BCUT2D eigenvalue weighted by Gasteiger charge is 2.26. The van der Waals surface area contributed by atoms with Gasteiger partial charge in [-0.3, -0.25) is 4.79 Å². The number of carbonyl (C=O) groups excluding carboxylic acids is 2. The number of hydrogen-bond donors (Lipinski definition) is 0. The highest BCUT2D eigenvalue weighted by molar-refractivity contribution is 6.35. The molecule has 0 spiro atoms. The van der Waals surface area contributed by atoms with E-state index < -0.39 is 0 Å². The van der Waals surface area contributed by atoms with Crippen molar-refractivity contribution in [3.63, 3.8) is 0 Å². The fourth-order valence-electron chi connectivity index (χ4n) is 4.22. The maximum atomic E-state index is 13.2. The van der Waals surface area contributed by atoms with Crippen molar-refractivity contribution in [2.24, 2.45) is 12.0 Å². The molecule has 35 heavy (non-hydrogen) atoms. The maximum absolute atomic E-state index is 13.2. The molecule has 3 aromatic rings. The molecule has 9 heteroatoms. The van der Waals surface area contributed by atoms with E-state index in [0.717, 1.165) is 35.3 Å². The van der Waals surface area contributed by atoms with Crippen LogP contribution >= 0.6 is 11.6 Å². The van der Waals surface area contributed by atoms with Crippen LogP contribution in [-0.2, 0) is 11.8 Å². The van der Waals surface area contributed by atoms with Gasteiger partial charge in [0.05, 0.1) is 22.8 Å². The van der Waals surface area contributed by atoms with Gasteiger partial charge in [-0.15, -0.1) is 0 Å². The van der Waals surface area contributed by atoms with E-state index >= 15 is 0 Å². The van der Waals surface area contributed by atoms with Gasteiger partial charge in [0.2, 0.25) is 0 Å². The predicted octanol–water partition coefficient (Wildman–Crippen LogP) is 5.23. The monoisotopic (exact) mass is 495 g/mol. The largest absolute Gasteiger partial charge is 0.449 e. The number of aromatic nitrogens is 2. The maximum Gasteiger partial charge on any atom is 0.409 e. The third kappa shape index (κ3) is 5.03. The fourth-order valence-corrected chi connectivity index (χ4v) is 4.48. The Morgan fingerprint density at radius 3 is 2.51 bits per heavy atom. The van der Waals surface area contributed by atoms with Crippen molar-refractivity contribution in [1.82, 2.24) is 19.4 Å². The van der Waals surface area contributed by atoms with Crippen molar-refractivity contribution in [2.45, 2.75) is 26.7 Å². The second-order valence-corrected chi connectivity index (χ2v) is 9.09. The van der Waals surface area contributed by atoms with Crippen LogP contribution in [0.15, 0.2) is 35.3 Å². The van der Waals surface area contributed by atoms with Crippen LogP contribution in [0.3, 0.4) is 0 Å². The van der Waals surface area contributed by atoms with E-state index in [1.807, 2.05) is 43.7 Å². The summed E-state index contributed by atoms with van der Waals surface area (Å²) in [6.07, 6.45) is 1.51. The summed E-state index contributed by atoms with van der Waals surface area (Å²) in [5.74, 6) is 0.649. The summed E-state index contributed by atoms with van der Waals surface area (Å²) in [5, 5.41) is 1.35. The number of ether oxygens (including phenoxy) is 1. The predicted molar refractivity (Wildman–Crippen MR) is 139 cm³/mol. The first-order valence-electron chi connectivity index (χ1n) is 11.8. The zero-order valence-corrected chi connectivity index (χ0v) is 21.1. The number of amides is 2. The second-order valence-electron chi connectivity index (χ2n) is 8.69. The number of hydrogen-bond acceptors (Lipinski definition) is 5. The van der Waals surface area contributed by atoms with Crippen molar-refractivity contribution in [1.29, 1.82) is 0 Å². The minimum Gasteiger partial charge on any atom is -0.449 e. The smallest absolute Gasteiger partial charge is 0.409 e. The van der Waals surface area contributed by atoms with Crippen LogP contribution in [0.5, 0.6) is 0 Å². The lowest BCUT2D eigenvalue weighted by Crippen LogP contribution is -2.50. The van der Waals surface area contributed by atoms with Gasteiger partial charge >= 0.3 is 6.09 Å². The van der Waals surface area contributed by atoms with Gasteiger partial charge in [0, 0.05) is 55.4 Å². The van der Waals surface area contributed by atoms with Crippen molar-refractivity contribution in [3.8, 4) is 11.3 Å². The molecule has 0 N–H and O–H groups in total. The molecule has 0 aliphatic carbocycles. The van der Waals surface area contributed by atoms with Gasteiger partial charge in [-0.05, 0) is 44.3 Å². The molecule has 0 saturated carbocycles. The zero-order valence-electron chi connectivity index (χ0n) is 20.4. The first kappa shape index (κ1) is 24.7. The Bertz CT molecular complexity index is 1280. The first-order chi connectivity index (χ1) is 16.8. The fraction of sp³-hybridized carbons (Fsp3) is 0.385. The molecule has 0 bridgehead atoms. The summed E-state index contributed by atoms with van der Waals surface area (Å²) in [5.41, 5.74) is 3.81. The number of aliphatic imine (C=N–C) groups is 1. The highest BCUT2D eigenvalue weighted by atomic mass is 35.5. The molecule has 1 aromatic carbocycles. The Hall–Kier alpha value is -3.39. The number of rotatable bonds is 6. The lowest BCUT2D eigenvalue weighted by Gasteiger charge is -2.34. The molecule has 1 aliphatic rings. The molecule has 8 nitrogen and oxygen atoms in total. The number of piperazine rings is 1. The summed E-state index contributed by atoms with van der Waals surface area (Å²) >= 11 is 6.59. The Balaban J connectivity index is 1.53. The second kappa shape index (κ2) is 10.5. The van der Waals surface area contributed by atoms with Crippen LogP contribution in [0.25, 0.3) is 22.2 Å². The summed E-state index contributed by atoms with van der Waals surface area (Å²) in [6.45, 7) is 9.90. The van der Waals surface area contributed by atoms with Gasteiger partial charge in [0.15, 0.2) is 0 Å². The molecule has 0 radical (unpaired) electrons. The lowest BCUT2D eigenvalue weighted by atomic mass is 10.1. The first-order valence-corrected chi connectivity index (χ1v) is 12.2. The molecule has 0 unspecified atom stereocenters. The normalized spacial score (nSPS) is 13.8. The van der Waals surface area contributed by atoms with Crippen LogP contribution in [-0.4, -0.2) is 70.9 Å². The summed E-state index contributed by atoms with van der Waals surface area (Å²) in [7, 11) is 1.92. The van der Waals surface area contributed by atoms with Gasteiger partial charge in [-0.25, -0.2) is 14.8 Å². The van der Waals surface area contributed by atoms with E-state index in [1.54, 1.807) is 21.9 Å². The van der Waals surface area contributed by atoms with Crippen LogP contribution in [0.2, 0.25) is 5.02 Å². The quantitative estimate of drug-likeness (QED) is 0.346. The Morgan fingerprint density at radius 1 is 1.14 bits per heavy atom. The van der Waals surface area contributed by atoms with E-state index in [4.69, 9.17) is 21.3 Å². The van der Waals surface area contributed by atoms with E-state index in [0.29, 0.717) is 54.6 Å². The van der Waals surface area contributed by atoms with E-state index in [1.165, 1.54) is 0 Å². The van der Waals surface area contributed by atoms with Crippen LogP contribution in [0.4, 0.5) is 10.6 Å². The zero-order chi connectivity index (χ0) is 25.1. The van der Waals surface area contributed by atoms with Gasteiger partial charge in [-0.2, -0.15) is 0 Å². The number of fused-ring (bicyclic) bond motifs is 1. The summed E-state index contributed by atoms with van der Waals surface area (Å²) < 4.78 is 7.23. The number of carbonyl (C=O) groups is 2. The number of unbranched alkanes of at least 4 members (excludes halogenated alkanes) is 1. The Morgan fingerprint density at radius 2 is 1.86 bits per heavy atom. The average molecular weight is 496 g/mol. The van der Waals surface area contributed by atoms with Crippen molar-refractivity contribution < 1.29 is 14.3 Å². The van der Waals surface area contributed by atoms with E-state index in [2.05, 4.69) is 11.7 Å². The minimum atomic E-state index is -0.311. The molecule has 1 aliphatic heterocycles. The molecular weight excluding hydrogens is 466 g/mol. The molecule has 0 atom stereocenters. The van der Waals surface area contributed by atoms with Gasteiger partial charge in [0.1, 0.15) is 5.82 Å². The van der Waals surface area contributed by atoms with Gasteiger partial charge in [-0.1, -0.05) is 31.0 Å². The topological polar surface area (TPSA) is 80.0 Å². The van der Waals surface area contributed by atoms with Crippen LogP contribution in [0.1, 0.15) is 35.8 Å². The number of pyridine rings is 1. The van der Waals surface area contributed by atoms with Crippen molar-refractivity contribution in [2.75, 3.05) is 32.8 Å². The Labute approximate surface area is 210 Å². The number of halogens is 1. The van der Waals surface area contributed by atoms with Crippen LogP contribution < -0.4 is 0 Å². The minimum absolute atomic E-state index is 0.0942. The molecule has 184 valence electrons. The summed E-state index contributed by atoms with van der Waals surface area (Å²) in [6, 6.07) is 9.14. The number of benzene rings is 1. The van der Waals surface area contributed by atoms with E-state index in [9.17, 15) is 9.59 Å². The average Bonchev–Trinajstić information content (AvgIpc) is 3.16. The molecule has 4 rings (SSSR count). The Kier molecular flexibility index (Phi) is 7.40. The van der Waals surface area contributed by atoms with Crippen molar-refractivity contribution in [3.05, 3.63) is 46.6 Å². The third-order valence-electron chi connectivity index (χ3n) is 6.50. The SMILES string of the molecule is C=Nc1cc(-c2cc(Cl)c3ccc(C(=O)N4CCN(C(=O)OCCCC)CC4)cc3n2)c(C)n1C. The van der Waals surface area contributed by atoms with Gasteiger partial charge in [0.25, 0.3) is 5.91 Å². The molecule has 3 heterocycles. The number of nitrogens with zero attached hydrogens (tertiary/aromatic N) is 5. The van der Waals surface area contributed by atoms with Crippen LogP contribution in [0, 0.1) is 6.92 Å². The lowest BCUT2D eigenvalue weighted by molar-refractivity contribution is 0.0558. The van der Waals surface area contributed by atoms with Crippen molar-refractivity contribution >= 4 is 47.0 Å². The highest BCUT2D eigenvalue weighted by Crippen LogP contribution is 2.33. The molecule has 2 amide bonds. The molecule has 1 saturated heterocycles.